The number of nitrogens with one attached hydrogen (secondary N) is 1. The highest BCUT2D eigenvalue weighted by molar-refractivity contribution is 6.01. The summed E-state index contributed by atoms with van der Waals surface area (Å²) in [5.41, 5.74) is 4.73. The number of amides is 1. The van der Waals surface area contributed by atoms with Crippen LogP contribution in [0.25, 0.3) is 0 Å². The maximum Gasteiger partial charge on any atom is 0.295 e. The van der Waals surface area contributed by atoms with Gasteiger partial charge in [-0.1, -0.05) is 0 Å². The van der Waals surface area contributed by atoms with E-state index in [1.54, 1.807) is 4.90 Å². The second kappa shape index (κ2) is 7.97. The van der Waals surface area contributed by atoms with Crippen LogP contribution in [-0.2, 0) is 0 Å². The van der Waals surface area contributed by atoms with Gasteiger partial charge in [0.15, 0.2) is 0 Å². The Kier molecular flexibility index (Phi) is 6.18. The lowest BCUT2D eigenvalue weighted by Crippen LogP contribution is -2.45. The van der Waals surface area contributed by atoms with Gasteiger partial charge in [-0.2, -0.15) is 0 Å². The van der Waals surface area contributed by atoms with Crippen LogP contribution in [0.3, 0.4) is 0 Å². The molecule has 0 unspecified atom stereocenters. The van der Waals surface area contributed by atoms with Gasteiger partial charge in [-0.25, -0.2) is 4.39 Å². The number of anilines is 1. The van der Waals surface area contributed by atoms with E-state index in [0.29, 0.717) is 19.1 Å². The van der Waals surface area contributed by atoms with E-state index in [-0.39, 0.29) is 23.7 Å². The number of nitrogens with two attached hydrogens (primary N) is 1. The molecule has 1 aromatic rings. The van der Waals surface area contributed by atoms with Crippen molar-refractivity contribution < 1.29 is 14.1 Å². The summed E-state index contributed by atoms with van der Waals surface area (Å²) >= 11 is 0. The number of likely N-dealkylation sites (tertiary alicyclic amines) is 1. The van der Waals surface area contributed by atoms with E-state index in [4.69, 9.17) is 5.73 Å². The van der Waals surface area contributed by atoms with Crippen molar-refractivity contribution in [2.24, 2.45) is 5.92 Å². The van der Waals surface area contributed by atoms with E-state index in [0.717, 1.165) is 37.4 Å². The fourth-order valence-electron chi connectivity index (χ4n) is 3.04. The van der Waals surface area contributed by atoms with Crippen molar-refractivity contribution in [3.05, 3.63) is 33.6 Å². The van der Waals surface area contributed by atoms with Crippen molar-refractivity contribution in [2.45, 2.75) is 31.7 Å². The Balaban J connectivity index is 0.00000225. The van der Waals surface area contributed by atoms with Gasteiger partial charge in [-0.15, -0.1) is 12.4 Å². The molecule has 1 saturated carbocycles. The largest absolute Gasteiger partial charge is 0.393 e. The molecule has 1 aliphatic heterocycles. The number of piperidine rings is 1. The van der Waals surface area contributed by atoms with Crippen LogP contribution in [0, 0.1) is 21.8 Å². The standard InChI is InChI=1S/C16H21FN4O3.ClH/c17-11-7-13(15(18)14(8-11)21(23)24)16(22)20-5-3-12(4-6-20)19-9-10-1-2-10;/h7-8,10,12,19H,1-6,9,18H2;1H. The van der Waals surface area contributed by atoms with E-state index in [2.05, 4.69) is 5.32 Å². The zero-order valence-electron chi connectivity index (χ0n) is 13.7. The first-order chi connectivity index (χ1) is 11.5. The smallest absolute Gasteiger partial charge is 0.295 e. The van der Waals surface area contributed by atoms with E-state index >= 15 is 0 Å². The van der Waals surface area contributed by atoms with E-state index in [1.165, 1.54) is 12.8 Å². The third-order valence-corrected chi connectivity index (χ3v) is 4.72. The van der Waals surface area contributed by atoms with Crippen molar-refractivity contribution >= 4 is 29.7 Å². The van der Waals surface area contributed by atoms with Crippen LogP contribution in [0.15, 0.2) is 12.1 Å². The number of rotatable bonds is 5. The van der Waals surface area contributed by atoms with Gasteiger partial charge in [0, 0.05) is 19.1 Å². The van der Waals surface area contributed by atoms with Gasteiger partial charge < -0.3 is 16.0 Å². The molecule has 9 heteroatoms. The first-order valence-corrected chi connectivity index (χ1v) is 8.21. The Morgan fingerprint density at radius 1 is 1.32 bits per heavy atom. The van der Waals surface area contributed by atoms with Crippen molar-refractivity contribution in [1.29, 1.82) is 0 Å². The average Bonchev–Trinajstić information content (AvgIpc) is 3.38. The minimum absolute atomic E-state index is 0. The molecule has 0 aromatic heterocycles. The number of halogens is 2. The fraction of sp³-hybridized carbons (Fsp3) is 0.562. The molecule has 3 rings (SSSR count). The number of carbonyl (C=O) groups is 1. The number of nitro benzene ring substituents is 1. The summed E-state index contributed by atoms with van der Waals surface area (Å²) in [6.45, 7) is 2.09. The summed E-state index contributed by atoms with van der Waals surface area (Å²) in [4.78, 5) is 24.3. The van der Waals surface area contributed by atoms with Gasteiger partial charge in [0.25, 0.3) is 11.6 Å². The lowest BCUT2D eigenvalue weighted by atomic mass is 10.0. The summed E-state index contributed by atoms with van der Waals surface area (Å²) in [6.07, 6.45) is 4.22. The molecular weight excluding hydrogens is 351 g/mol. The molecule has 25 heavy (non-hydrogen) atoms. The highest BCUT2D eigenvalue weighted by Gasteiger charge is 2.29. The molecule has 1 heterocycles. The third kappa shape index (κ3) is 4.58. The topological polar surface area (TPSA) is 102 Å². The number of nitrogen functional groups attached to an aromatic ring is 1. The number of hydrogen-bond donors (Lipinski definition) is 2. The van der Waals surface area contributed by atoms with Crippen LogP contribution < -0.4 is 11.1 Å². The number of hydrogen-bond acceptors (Lipinski definition) is 5. The Morgan fingerprint density at radius 2 is 1.96 bits per heavy atom. The lowest BCUT2D eigenvalue weighted by molar-refractivity contribution is -0.384. The summed E-state index contributed by atoms with van der Waals surface area (Å²) in [7, 11) is 0. The van der Waals surface area contributed by atoms with Crippen LogP contribution >= 0.6 is 12.4 Å². The van der Waals surface area contributed by atoms with Crippen LogP contribution in [0.1, 0.15) is 36.0 Å². The zero-order valence-corrected chi connectivity index (χ0v) is 14.6. The monoisotopic (exact) mass is 372 g/mol. The molecule has 2 fully saturated rings. The number of nitro groups is 1. The Bertz CT molecular complexity index is 661. The number of carbonyl (C=O) groups excluding carboxylic acids is 1. The normalized spacial score (nSPS) is 17.9. The molecule has 1 saturated heterocycles. The Labute approximate surface area is 151 Å². The SMILES string of the molecule is Cl.Nc1c(C(=O)N2CCC(NCC3CC3)CC2)cc(F)cc1[N+](=O)[O-]. The van der Waals surface area contributed by atoms with Gasteiger partial charge in [-0.3, -0.25) is 14.9 Å². The summed E-state index contributed by atoms with van der Waals surface area (Å²) in [6, 6.07) is 2.09. The van der Waals surface area contributed by atoms with E-state index in [1.807, 2.05) is 0 Å². The van der Waals surface area contributed by atoms with Gasteiger partial charge in [0.1, 0.15) is 11.5 Å². The molecule has 1 aliphatic carbocycles. The maximum atomic E-state index is 13.6. The molecule has 0 atom stereocenters. The van der Waals surface area contributed by atoms with Gasteiger partial charge in [0.05, 0.1) is 16.6 Å². The second-order valence-electron chi connectivity index (χ2n) is 6.56. The molecule has 0 radical (unpaired) electrons. The van der Waals surface area contributed by atoms with Crippen LogP contribution in [0.2, 0.25) is 0 Å². The van der Waals surface area contributed by atoms with Crippen molar-refractivity contribution in [2.75, 3.05) is 25.4 Å². The second-order valence-corrected chi connectivity index (χ2v) is 6.56. The molecule has 1 amide bonds. The van der Waals surface area contributed by atoms with Crippen molar-refractivity contribution in [3.8, 4) is 0 Å². The minimum Gasteiger partial charge on any atom is -0.393 e. The predicted molar refractivity (Wildman–Crippen MR) is 94.4 cm³/mol. The van der Waals surface area contributed by atoms with Crippen LogP contribution in [-0.4, -0.2) is 41.4 Å². The molecule has 2 aliphatic rings. The lowest BCUT2D eigenvalue weighted by Gasteiger charge is -2.32. The molecular formula is C16H22ClFN4O3. The van der Waals surface area contributed by atoms with Crippen molar-refractivity contribution in [1.82, 2.24) is 10.2 Å². The highest BCUT2D eigenvalue weighted by atomic mass is 35.5. The minimum atomic E-state index is -0.833. The first kappa shape index (κ1) is 19.4. The Hall–Kier alpha value is -1.93. The van der Waals surface area contributed by atoms with E-state index < -0.39 is 22.3 Å². The summed E-state index contributed by atoms with van der Waals surface area (Å²) in [5.74, 6) is -0.478. The molecule has 0 spiro atoms. The summed E-state index contributed by atoms with van der Waals surface area (Å²) < 4.78 is 13.6. The molecule has 3 N–H and O–H groups in total. The average molecular weight is 373 g/mol. The molecule has 7 nitrogen and oxygen atoms in total. The third-order valence-electron chi connectivity index (χ3n) is 4.72. The highest BCUT2D eigenvalue weighted by Crippen LogP contribution is 2.29. The van der Waals surface area contributed by atoms with E-state index in [9.17, 15) is 19.3 Å². The fourth-order valence-corrected chi connectivity index (χ4v) is 3.04. The summed E-state index contributed by atoms with van der Waals surface area (Å²) in [5, 5.41) is 14.4. The Morgan fingerprint density at radius 3 is 2.52 bits per heavy atom. The first-order valence-electron chi connectivity index (χ1n) is 8.21. The molecule has 0 bridgehead atoms. The zero-order chi connectivity index (χ0) is 17.3. The van der Waals surface area contributed by atoms with Gasteiger partial charge in [-0.05, 0) is 44.2 Å². The van der Waals surface area contributed by atoms with Gasteiger partial charge >= 0.3 is 0 Å². The predicted octanol–water partition coefficient (Wildman–Crippen LogP) is 2.34. The van der Waals surface area contributed by atoms with Gasteiger partial charge in [0.2, 0.25) is 0 Å². The quantitative estimate of drug-likeness (QED) is 0.469. The van der Waals surface area contributed by atoms with Crippen LogP contribution in [0.4, 0.5) is 15.8 Å². The molecule has 138 valence electrons. The number of benzene rings is 1. The number of nitrogens with zero attached hydrogens (tertiary/aromatic N) is 2. The van der Waals surface area contributed by atoms with Crippen LogP contribution in [0.5, 0.6) is 0 Å². The van der Waals surface area contributed by atoms with Crippen molar-refractivity contribution in [3.63, 3.8) is 0 Å². The maximum absolute atomic E-state index is 13.6. The molecule has 1 aromatic carbocycles.